The summed E-state index contributed by atoms with van der Waals surface area (Å²) in [5, 5.41) is 0. The number of rotatable bonds is 3. The van der Waals surface area contributed by atoms with E-state index in [4.69, 9.17) is 14.2 Å². The molecule has 4 heteroatoms. The van der Waals surface area contributed by atoms with Crippen LogP contribution in [0.2, 0.25) is 0 Å². The molecule has 0 amide bonds. The first-order valence-electron chi connectivity index (χ1n) is 4.07. The van der Waals surface area contributed by atoms with Gasteiger partial charge in [-0.25, -0.2) is 0 Å². The maximum absolute atomic E-state index is 10.7. The molecule has 0 radical (unpaired) electrons. The quantitative estimate of drug-likeness (QED) is 0.544. The van der Waals surface area contributed by atoms with Crippen LogP contribution in [0.1, 0.15) is 6.92 Å². The smallest absolute Gasteiger partial charge is 0.308 e. The van der Waals surface area contributed by atoms with Crippen LogP contribution in [-0.2, 0) is 4.79 Å². The fraction of sp³-hybridized carbons (Fsp3) is 0.300. The molecule has 4 nitrogen and oxygen atoms in total. The number of ether oxygens (including phenoxy) is 3. The second kappa shape index (κ2) is 4.50. The maximum atomic E-state index is 10.7. The average Bonchev–Trinajstić information content (AvgIpc) is 2.16. The van der Waals surface area contributed by atoms with Gasteiger partial charge in [-0.2, -0.15) is 0 Å². The molecular formula is C10H12O4. The summed E-state index contributed by atoms with van der Waals surface area (Å²) in [6, 6.07) is 4.93. The maximum Gasteiger partial charge on any atom is 0.308 e. The Hall–Kier alpha value is -1.71. The van der Waals surface area contributed by atoms with E-state index in [0.717, 1.165) is 0 Å². The Morgan fingerprint density at radius 2 is 1.43 bits per heavy atom. The Morgan fingerprint density at radius 3 is 1.79 bits per heavy atom. The zero-order chi connectivity index (χ0) is 10.6. The Bertz CT molecular complexity index is 311. The second-order valence-electron chi connectivity index (χ2n) is 2.64. The van der Waals surface area contributed by atoms with Gasteiger partial charge in [0.05, 0.1) is 14.2 Å². The van der Waals surface area contributed by atoms with Gasteiger partial charge in [0, 0.05) is 25.1 Å². The van der Waals surface area contributed by atoms with E-state index in [0.29, 0.717) is 17.2 Å². The topological polar surface area (TPSA) is 44.8 Å². The molecule has 0 aromatic heterocycles. The zero-order valence-electron chi connectivity index (χ0n) is 8.37. The van der Waals surface area contributed by atoms with Gasteiger partial charge in [0.25, 0.3) is 0 Å². The van der Waals surface area contributed by atoms with Crippen LogP contribution in [0.3, 0.4) is 0 Å². The highest BCUT2D eigenvalue weighted by molar-refractivity contribution is 5.69. The number of hydrogen-bond acceptors (Lipinski definition) is 4. The van der Waals surface area contributed by atoms with E-state index in [1.54, 1.807) is 18.2 Å². The van der Waals surface area contributed by atoms with Crippen molar-refractivity contribution in [2.45, 2.75) is 6.92 Å². The Balaban J connectivity index is 2.98. The molecule has 14 heavy (non-hydrogen) atoms. The van der Waals surface area contributed by atoms with Crippen LogP contribution in [0.15, 0.2) is 18.2 Å². The molecule has 0 saturated heterocycles. The molecule has 76 valence electrons. The standard InChI is InChI=1S/C10H12O4/c1-7(11)14-10-5-8(12-2)4-9(6-10)13-3/h4-6H,1-3H3. The summed E-state index contributed by atoms with van der Waals surface area (Å²) < 4.78 is 14.9. The predicted molar refractivity (Wildman–Crippen MR) is 50.9 cm³/mol. The van der Waals surface area contributed by atoms with Gasteiger partial charge >= 0.3 is 5.97 Å². The number of hydrogen-bond donors (Lipinski definition) is 0. The van der Waals surface area contributed by atoms with E-state index in [9.17, 15) is 4.79 Å². The van der Waals surface area contributed by atoms with E-state index >= 15 is 0 Å². The van der Waals surface area contributed by atoms with Crippen molar-refractivity contribution >= 4 is 5.97 Å². The van der Waals surface area contributed by atoms with Crippen LogP contribution in [0.25, 0.3) is 0 Å². The van der Waals surface area contributed by atoms with Crippen molar-refractivity contribution in [2.24, 2.45) is 0 Å². The van der Waals surface area contributed by atoms with E-state index in [1.807, 2.05) is 0 Å². The third kappa shape index (κ3) is 2.65. The normalized spacial score (nSPS) is 9.36. The summed E-state index contributed by atoms with van der Waals surface area (Å²) >= 11 is 0. The first-order valence-corrected chi connectivity index (χ1v) is 4.07. The molecule has 0 aliphatic rings. The molecule has 0 aliphatic carbocycles. The van der Waals surface area contributed by atoms with E-state index in [1.165, 1.54) is 21.1 Å². The largest absolute Gasteiger partial charge is 0.496 e. The molecule has 0 atom stereocenters. The van der Waals surface area contributed by atoms with Crippen molar-refractivity contribution in [1.29, 1.82) is 0 Å². The number of methoxy groups -OCH3 is 2. The minimum atomic E-state index is -0.375. The molecule has 0 fully saturated rings. The van der Waals surface area contributed by atoms with E-state index < -0.39 is 0 Å². The highest BCUT2D eigenvalue weighted by atomic mass is 16.5. The molecule has 0 saturated carbocycles. The van der Waals surface area contributed by atoms with Gasteiger partial charge in [0.1, 0.15) is 17.2 Å². The predicted octanol–water partition coefficient (Wildman–Crippen LogP) is 1.63. The lowest BCUT2D eigenvalue weighted by atomic mass is 10.3. The van der Waals surface area contributed by atoms with Crippen molar-refractivity contribution in [3.63, 3.8) is 0 Å². The van der Waals surface area contributed by atoms with Crippen molar-refractivity contribution in [3.05, 3.63) is 18.2 Å². The fourth-order valence-corrected chi connectivity index (χ4v) is 1.01. The molecule has 0 N–H and O–H groups in total. The van der Waals surface area contributed by atoms with Gasteiger partial charge in [0.15, 0.2) is 0 Å². The van der Waals surface area contributed by atoms with Gasteiger partial charge in [-0.1, -0.05) is 0 Å². The van der Waals surface area contributed by atoms with Crippen LogP contribution in [0, 0.1) is 0 Å². The molecule has 1 rings (SSSR count). The summed E-state index contributed by atoms with van der Waals surface area (Å²) in [4.78, 5) is 10.7. The Kier molecular flexibility index (Phi) is 3.34. The van der Waals surface area contributed by atoms with Gasteiger partial charge < -0.3 is 14.2 Å². The number of esters is 1. The number of carbonyl (C=O) groups is 1. The molecule has 0 unspecified atom stereocenters. The lowest BCUT2D eigenvalue weighted by Gasteiger charge is -2.07. The highest BCUT2D eigenvalue weighted by Crippen LogP contribution is 2.27. The third-order valence-corrected chi connectivity index (χ3v) is 1.59. The van der Waals surface area contributed by atoms with Gasteiger partial charge in [-0.3, -0.25) is 4.79 Å². The second-order valence-corrected chi connectivity index (χ2v) is 2.64. The molecule has 0 bridgehead atoms. The number of carbonyl (C=O) groups excluding carboxylic acids is 1. The molecular weight excluding hydrogens is 184 g/mol. The third-order valence-electron chi connectivity index (χ3n) is 1.59. The molecule has 0 aliphatic heterocycles. The van der Waals surface area contributed by atoms with Gasteiger partial charge in [-0.15, -0.1) is 0 Å². The van der Waals surface area contributed by atoms with Crippen LogP contribution < -0.4 is 14.2 Å². The van der Waals surface area contributed by atoms with Gasteiger partial charge in [0.2, 0.25) is 0 Å². The number of benzene rings is 1. The molecule has 1 aromatic rings. The fourth-order valence-electron chi connectivity index (χ4n) is 1.01. The lowest BCUT2D eigenvalue weighted by Crippen LogP contribution is -2.01. The Morgan fingerprint density at radius 1 is 1.00 bits per heavy atom. The summed E-state index contributed by atoms with van der Waals surface area (Å²) in [5.41, 5.74) is 0. The minimum Gasteiger partial charge on any atom is -0.496 e. The van der Waals surface area contributed by atoms with Gasteiger partial charge in [-0.05, 0) is 0 Å². The first-order chi connectivity index (χ1) is 6.65. The monoisotopic (exact) mass is 196 g/mol. The van der Waals surface area contributed by atoms with E-state index in [2.05, 4.69) is 0 Å². The first kappa shape index (κ1) is 10.4. The summed E-state index contributed by atoms with van der Waals surface area (Å²) in [7, 11) is 3.07. The summed E-state index contributed by atoms with van der Waals surface area (Å²) in [5.74, 6) is 1.20. The van der Waals surface area contributed by atoms with Crippen LogP contribution >= 0.6 is 0 Å². The molecule has 0 heterocycles. The van der Waals surface area contributed by atoms with Crippen molar-refractivity contribution in [2.75, 3.05) is 14.2 Å². The highest BCUT2D eigenvalue weighted by Gasteiger charge is 2.04. The average molecular weight is 196 g/mol. The molecule has 1 aromatic carbocycles. The zero-order valence-corrected chi connectivity index (χ0v) is 8.37. The van der Waals surface area contributed by atoms with Crippen LogP contribution in [-0.4, -0.2) is 20.2 Å². The van der Waals surface area contributed by atoms with E-state index in [-0.39, 0.29) is 5.97 Å². The molecule has 0 spiro atoms. The van der Waals surface area contributed by atoms with Crippen molar-refractivity contribution in [1.82, 2.24) is 0 Å². The van der Waals surface area contributed by atoms with Crippen molar-refractivity contribution in [3.8, 4) is 17.2 Å². The lowest BCUT2D eigenvalue weighted by molar-refractivity contribution is -0.131. The SMILES string of the molecule is COc1cc(OC)cc(OC(C)=O)c1. The Labute approximate surface area is 82.4 Å². The minimum absolute atomic E-state index is 0.375. The summed E-state index contributed by atoms with van der Waals surface area (Å²) in [6.07, 6.45) is 0. The van der Waals surface area contributed by atoms with Crippen LogP contribution in [0.4, 0.5) is 0 Å². The van der Waals surface area contributed by atoms with Crippen molar-refractivity contribution < 1.29 is 19.0 Å². The summed E-state index contributed by atoms with van der Waals surface area (Å²) in [6.45, 7) is 1.34. The van der Waals surface area contributed by atoms with Crippen LogP contribution in [0.5, 0.6) is 17.2 Å².